The first kappa shape index (κ1) is 20.5. The minimum atomic E-state index is -0.801. The second-order valence-electron chi connectivity index (χ2n) is 5.11. The molecule has 2 aromatic rings. The smallest absolute Gasteiger partial charge is 0.340 e. The van der Waals surface area contributed by atoms with E-state index in [1.54, 1.807) is 6.07 Å². The van der Waals surface area contributed by atoms with E-state index in [1.165, 1.54) is 45.6 Å². The summed E-state index contributed by atoms with van der Waals surface area (Å²) < 4.78 is 34.5. The Morgan fingerprint density at radius 2 is 1.74 bits per heavy atom. The Hall–Kier alpha value is -2.81. The van der Waals surface area contributed by atoms with Gasteiger partial charge in [-0.3, -0.25) is 4.79 Å². The molecule has 1 N–H and O–H groups in total. The fourth-order valence-corrected chi connectivity index (χ4v) is 2.85. The number of amides is 1. The lowest BCUT2D eigenvalue weighted by Crippen LogP contribution is -2.21. The van der Waals surface area contributed by atoms with Crippen LogP contribution in [0.4, 0.5) is 10.1 Å². The van der Waals surface area contributed by atoms with Gasteiger partial charge in [-0.25, -0.2) is 9.18 Å². The number of benzene rings is 2. The molecular weight excluding hydrogens is 425 g/mol. The van der Waals surface area contributed by atoms with Crippen molar-refractivity contribution in [1.29, 1.82) is 0 Å². The normalized spacial score (nSPS) is 10.1. The third-order valence-electron chi connectivity index (χ3n) is 3.47. The number of carbonyl (C=O) groups excluding carboxylic acids is 2. The maximum absolute atomic E-state index is 13.5. The molecule has 2 aromatic carbocycles. The van der Waals surface area contributed by atoms with E-state index in [1.807, 2.05) is 0 Å². The predicted molar refractivity (Wildman–Crippen MR) is 99.1 cm³/mol. The van der Waals surface area contributed by atoms with Crippen LogP contribution in [0, 0.1) is 5.82 Å². The molecule has 7 nitrogen and oxygen atoms in total. The monoisotopic (exact) mass is 441 g/mol. The Bertz CT molecular complexity index is 858. The first-order chi connectivity index (χ1) is 12.9. The number of para-hydroxylation sites is 1. The van der Waals surface area contributed by atoms with Crippen LogP contribution in [0.1, 0.15) is 10.4 Å². The van der Waals surface area contributed by atoms with Crippen molar-refractivity contribution in [3.8, 4) is 17.2 Å². The van der Waals surface area contributed by atoms with Crippen molar-refractivity contribution in [1.82, 2.24) is 0 Å². The van der Waals surface area contributed by atoms with Gasteiger partial charge in [-0.15, -0.1) is 0 Å². The second-order valence-corrected chi connectivity index (χ2v) is 5.90. The van der Waals surface area contributed by atoms with E-state index in [0.717, 1.165) is 0 Å². The summed E-state index contributed by atoms with van der Waals surface area (Å²) in [4.78, 5) is 24.3. The van der Waals surface area contributed by atoms with Gasteiger partial charge in [0, 0.05) is 0 Å². The number of nitrogens with one attached hydrogen (secondary N) is 1. The highest BCUT2D eigenvalue weighted by atomic mass is 79.9. The van der Waals surface area contributed by atoms with Gasteiger partial charge < -0.3 is 24.3 Å². The molecule has 0 bridgehead atoms. The molecule has 0 saturated heterocycles. The Morgan fingerprint density at radius 3 is 2.33 bits per heavy atom. The number of halogens is 2. The van der Waals surface area contributed by atoms with E-state index in [2.05, 4.69) is 21.2 Å². The average molecular weight is 442 g/mol. The van der Waals surface area contributed by atoms with Gasteiger partial charge in [0.2, 0.25) is 5.75 Å². The van der Waals surface area contributed by atoms with Crippen molar-refractivity contribution in [3.05, 3.63) is 46.2 Å². The Balaban J connectivity index is 2.14. The summed E-state index contributed by atoms with van der Waals surface area (Å²) in [6, 6.07) is 7.05. The molecule has 0 radical (unpaired) electrons. The van der Waals surface area contributed by atoms with E-state index < -0.39 is 24.3 Å². The summed E-state index contributed by atoms with van der Waals surface area (Å²) in [5, 5.41) is 2.32. The van der Waals surface area contributed by atoms with Crippen molar-refractivity contribution in [2.75, 3.05) is 33.3 Å². The number of ether oxygens (including phenoxy) is 4. The van der Waals surface area contributed by atoms with E-state index in [-0.39, 0.29) is 27.2 Å². The standard InChI is InChI=1S/C18H17BrFNO6/c1-24-13-8-10(15(19)17(26-3)16(13)25-2)18(23)27-9-14(22)21-12-7-5-4-6-11(12)20/h4-8H,9H2,1-3H3,(H,21,22). The summed E-state index contributed by atoms with van der Waals surface area (Å²) in [5.74, 6) is -1.30. The molecular formula is C18H17BrFNO6. The fraction of sp³-hybridized carbons (Fsp3) is 0.222. The number of anilines is 1. The van der Waals surface area contributed by atoms with Gasteiger partial charge in [0.15, 0.2) is 18.1 Å². The van der Waals surface area contributed by atoms with Crippen molar-refractivity contribution in [3.63, 3.8) is 0 Å². The topological polar surface area (TPSA) is 83.1 Å². The second kappa shape index (κ2) is 9.22. The lowest BCUT2D eigenvalue weighted by molar-refractivity contribution is -0.119. The molecule has 0 atom stereocenters. The summed E-state index contributed by atoms with van der Waals surface area (Å²) in [7, 11) is 4.24. The molecule has 0 fully saturated rings. The molecule has 0 saturated carbocycles. The van der Waals surface area contributed by atoms with Crippen LogP contribution in [0.5, 0.6) is 17.2 Å². The van der Waals surface area contributed by atoms with Gasteiger partial charge in [-0.05, 0) is 34.1 Å². The SMILES string of the molecule is COc1cc(C(=O)OCC(=O)Nc2ccccc2F)c(Br)c(OC)c1OC. The maximum atomic E-state index is 13.5. The molecule has 0 aromatic heterocycles. The lowest BCUT2D eigenvalue weighted by Gasteiger charge is -2.16. The fourth-order valence-electron chi connectivity index (χ4n) is 2.23. The highest BCUT2D eigenvalue weighted by Crippen LogP contribution is 2.44. The van der Waals surface area contributed by atoms with Crippen molar-refractivity contribution in [2.45, 2.75) is 0 Å². The third kappa shape index (κ3) is 4.68. The van der Waals surface area contributed by atoms with Crippen LogP contribution in [-0.4, -0.2) is 39.8 Å². The summed E-state index contributed by atoms with van der Waals surface area (Å²) in [6.07, 6.45) is 0. The molecule has 0 heterocycles. The molecule has 1 amide bonds. The van der Waals surface area contributed by atoms with Crippen LogP contribution in [-0.2, 0) is 9.53 Å². The third-order valence-corrected chi connectivity index (χ3v) is 4.26. The van der Waals surface area contributed by atoms with Crippen LogP contribution in [0.2, 0.25) is 0 Å². The van der Waals surface area contributed by atoms with Crippen LogP contribution >= 0.6 is 15.9 Å². The Kier molecular flexibility index (Phi) is 7.00. The number of rotatable bonds is 7. The van der Waals surface area contributed by atoms with Gasteiger partial charge in [0.25, 0.3) is 5.91 Å². The highest BCUT2D eigenvalue weighted by molar-refractivity contribution is 9.10. The summed E-state index contributed by atoms with van der Waals surface area (Å²) >= 11 is 3.26. The zero-order valence-corrected chi connectivity index (χ0v) is 16.4. The molecule has 27 heavy (non-hydrogen) atoms. The first-order valence-electron chi connectivity index (χ1n) is 7.62. The Morgan fingerprint density at radius 1 is 1.07 bits per heavy atom. The maximum Gasteiger partial charge on any atom is 0.340 e. The number of hydrogen-bond donors (Lipinski definition) is 1. The van der Waals surface area contributed by atoms with E-state index in [0.29, 0.717) is 5.75 Å². The molecule has 0 spiro atoms. The van der Waals surface area contributed by atoms with Crippen LogP contribution in [0.3, 0.4) is 0 Å². The highest BCUT2D eigenvalue weighted by Gasteiger charge is 2.24. The number of esters is 1. The zero-order valence-electron chi connectivity index (χ0n) is 14.8. The predicted octanol–water partition coefficient (Wildman–Crippen LogP) is 3.41. The summed E-state index contributed by atoms with van der Waals surface area (Å²) in [5.41, 5.74) is 0.0655. The number of hydrogen-bond acceptors (Lipinski definition) is 6. The molecule has 0 unspecified atom stereocenters. The zero-order chi connectivity index (χ0) is 20.0. The van der Waals surface area contributed by atoms with E-state index in [4.69, 9.17) is 18.9 Å². The van der Waals surface area contributed by atoms with Gasteiger partial charge in [0.1, 0.15) is 5.82 Å². The van der Waals surface area contributed by atoms with Crippen LogP contribution in [0.15, 0.2) is 34.8 Å². The Labute approximate surface area is 163 Å². The minimum Gasteiger partial charge on any atom is -0.493 e. The van der Waals surface area contributed by atoms with E-state index >= 15 is 0 Å². The molecule has 0 aliphatic carbocycles. The largest absolute Gasteiger partial charge is 0.493 e. The molecule has 0 aliphatic heterocycles. The van der Waals surface area contributed by atoms with Gasteiger partial charge in [-0.1, -0.05) is 12.1 Å². The number of carbonyl (C=O) groups is 2. The minimum absolute atomic E-state index is 0.00693. The molecule has 0 aliphatic rings. The molecule has 9 heteroatoms. The van der Waals surface area contributed by atoms with Crippen LogP contribution in [0.25, 0.3) is 0 Å². The average Bonchev–Trinajstić information content (AvgIpc) is 2.67. The van der Waals surface area contributed by atoms with Gasteiger partial charge >= 0.3 is 5.97 Å². The van der Waals surface area contributed by atoms with Gasteiger partial charge in [0.05, 0.1) is 37.1 Å². The number of methoxy groups -OCH3 is 3. The first-order valence-corrected chi connectivity index (χ1v) is 8.42. The van der Waals surface area contributed by atoms with Crippen LogP contribution < -0.4 is 19.5 Å². The lowest BCUT2D eigenvalue weighted by atomic mass is 10.2. The molecule has 2 rings (SSSR count). The van der Waals surface area contributed by atoms with E-state index in [9.17, 15) is 14.0 Å². The van der Waals surface area contributed by atoms with Crippen molar-refractivity contribution >= 4 is 33.5 Å². The van der Waals surface area contributed by atoms with Gasteiger partial charge in [-0.2, -0.15) is 0 Å². The van der Waals surface area contributed by atoms with Crippen molar-refractivity contribution in [2.24, 2.45) is 0 Å². The van der Waals surface area contributed by atoms with Crippen molar-refractivity contribution < 1.29 is 32.9 Å². The summed E-state index contributed by atoms with van der Waals surface area (Å²) in [6.45, 7) is -0.601. The quantitative estimate of drug-likeness (QED) is 0.662. The molecule has 144 valence electrons.